The Hall–Kier alpha value is -0.860. The molecule has 1 aromatic rings. The summed E-state index contributed by atoms with van der Waals surface area (Å²) in [6, 6.07) is 9.33. The molecular formula is C19H31O2. The maximum absolute atomic E-state index is 11.8. The molecule has 0 spiro atoms. The van der Waals surface area contributed by atoms with Crippen LogP contribution in [0.15, 0.2) is 30.3 Å². The van der Waals surface area contributed by atoms with Crippen molar-refractivity contribution in [3.8, 4) is 0 Å². The van der Waals surface area contributed by atoms with Crippen molar-refractivity contribution in [2.75, 3.05) is 6.61 Å². The molecule has 0 fully saturated rings. The second kappa shape index (κ2) is 12.8. The van der Waals surface area contributed by atoms with Gasteiger partial charge >= 0.3 is 0 Å². The Morgan fingerprint density at radius 3 is 1.90 bits per heavy atom. The highest BCUT2D eigenvalue weighted by molar-refractivity contribution is 5.15. The topological polar surface area (TPSA) is 29.1 Å². The number of hydrogen-bond donors (Lipinski definition) is 0. The lowest BCUT2D eigenvalue weighted by atomic mass is 10.1. The molecule has 0 aliphatic carbocycles. The first-order chi connectivity index (χ1) is 10.3. The molecule has 0 N–H and O–H groups in total. The fraction of sp³-hybridized carbons (Fsp3) is 0.684. The third kappa shape index (κ3) is 9.65. The highest BCUT2D eigenvalue weighted by Crippen LogP contribution is 2.15. The predicted molar refractivity (Wildman–Crippen MR) is 87.7 cm³/mol. The zero-order valence-electron chi connectivity index (χ0n) is 13.6. The van der Waals surface area contributed by atoms with Gasteiger partial charge in [-0.1, -0.05) is 95.0 Å². The summed E-state index contributed by atoms with van der Waals surface area (Å²) in [5, 5.41) is 11.8. The minimum Gasteiger partial charge on any atom is -0.346 e. The summed E-state index contributed by atoms with van der Waals surface area (Å²) < 4.78 is 5.34. The van der Waals surface area contributed by atoms with E-state index in [4.69, 9.17) is 4.74 Å². The van der Waals surface area contributed by atoms with E-state index in [9.17, 15) is 5.11 Å². The van der Waals surface area contributed by atoms with E-state index in [1.165, 1.54) is 57.8 Å². The van der Waals surface area contributed by atoms with Gasteiger partial charge in [-0.3, -0.25) is 0 Å². The molecule has 1 atom stereocenters. The van der Waals surface area contributed by atoms with E-state index in [1.54, 1.807) is 0 Å². The van der Waals surface area contributed by atoms with Crippen molar-refractivity contribution >= 4 is 0 Å². The number of unbranched alkanes of at least 4 members (excludes halogenated alkanes) is 9. The summed E-state index contributed by atoms with van der Waals surface area (Å²) in [5.74, 6) is 0. The second-order valence-electron chi connectivity index (χ2n) is 5.80. The molecule has 0 heterocycles. The van der Waals surface area contributed by atoms with Gasteiger partial charge in [-0.05, 0) is 6.42 Å². The average molecular weight is 291 g/mol. The van der Waals surface area contributed by atoms with Crippen LogP contribution >= 0.6 is 0 Å². The van der Waals surface area contributed by atoms with Crippen molar-refractivity contribution < 1.29 is 9.84 Å². The van der Waals surface area contributed by atoms with Crippen molar-refractivity contribution in [2.24, 2.45) is 0 Å². The van der Waals surface area contributed by atoms with Crippen LogP contribution in [0.5, 0.6) is 0 Å². The van der Waals surface area contributed by atoms with Gasteiger partial charge in [-0.25, -0.2) is 0 Å². The van der Waals surface area contributed by atoms with Gasteiger partial charge in [-0.2, -0.15) is 5.11 Å². The standard InChI is InChI=1S/C19H31O2/c1-2-3-4-5-6-7-8-9-10-14-17-21-19(20)18-15-12-11-13-16-18/h11-13,15-16,19H,2-10,14,17H2,1H3. The molecule has 0 amide bonds. The molecule has 119 valence electrons. The summed E-state index contributed by atoms with van der Waals surface area (Å²) in [5.41, 5.74) is 0.726. The third-order valence-electron chi connectivity index (χ3n) is 3.84. The summed E-state index contributed by atoms with van der Waals surface area (Å²) in [6.07, 6.45) is 12.0. The molecule has 1 radical (unpaired) electrons. The number of benzene rings is 1. The normalized spacial score (nSPS) is 12.5. The maximum Gasteiger partial charge on any atom is 0.217 e. The zero-order chi connectivity index (χ0) is 15.2. The average Bonchev–Trinajstić information content (AvgIpc) is 2.53. The maximum atomic E-state index is 11.8. The van der Waals surface area contributed by atoms with E-state index in [2.05, 4.69) is 6.92 Å². The van der Waals surface area contributed by atoms with Gasteiger partial charge in [0.1, 0.15) is 0 Å². The van der Waals surface area contributed by atoms with E-state index in [1.807, 2.05) is 30.3 Å². The van der Waals surface area contributed by atoms with Crippen molar-refractivity contribution in [3.63, 3.8) is 0 Å². The van der Waals surface area contributed by atoms with Crippen LogP contribution in [0.1, 0.15) is 83.0 Å². The molecule has 0 saturated heterocycles. The van der Waals surface area contributed by atoms with Gasteiger partial charge in [-0.15, -0.1) is 0 Å². The van der Waals surface area contributed by atoms with E-state index in [0.29, 0.717) is 6.61 Å². The molecule has 1 rings (SSSR count). The van der Waals surface area contributed by atoms with Crippen LogP contribution in [0.4, 0.5) is 0 Å². The highest BCUT2D eigenvalue weighted by Gasteiger charge is 2.07. The first-order valence-corrected chi connectivity index (χ1v) is 8.67. The lowest BCUT2D eigenvalue weighted by molar-refractivity contribution is -0.145. The van der Waals surface area contributed by atoms with E-state index < -0.39 is 6.29 Å². The lowest BCUT2D eigenvalue weighted by Crippen LogP contribution is -2.03. The summed E-state index contributed by atoms with van der Waals surface area (Å²) in [6.45, 7) is 2.84. The fourth-order valence-corrected chi connectivity index (χ4v) is 2.49. The lowest BCUT2D eigenvalue weighted by Gasteiger charge is -2.10. The van der Waals surface area contributed by atoms with Crippen molar-refractivity contribution in [3.05, 3.63) is 35.9 Å². The van der Waals surface area contributed by atoms with Crippen LogP contribution in [0.3, 0.4) is 0 Å². The molecule has 0 aliphatic heterocycles. The number of rotatable bonds is 13. The Morgan fingerprint density at radius 2 is 1.33 bits per heavy atom. The minimum absolute atomic E-state index is 0.583. The summed E-state index contributed by atoms with van der Waals surface area (Å²) in [7, 11) is 0. The first kappa shape index (κ1) is 18.2. The van der Waals surface area contributed by atoms with Crippen molar-refractivity contribution in [2.45, 2.75) is 77.4 Å². The van der Waals surface area contributed by atoms with E-state index in [0.717, 1.165) is 12.0 Å². The second-order valence-corrected chi connectivity index (χ2v) is 5.80. The highest BCUT2D eigenvalue weighted by atomic mass is 16.6. The monoisotopic (exact) mass is 291 g/mol. The van der Waals surface area contributed by atoms with Gasteiger partial charge in [0.2, 0.25) is 6.29 Å². The molecule has 21 heavy (non-hydrogen) atoms. The predicted octanol–water partition coefficient (Wildman–Crippen LogP) is 6.05. The Balaban J connectivity index is 1.86. The van der Waals surface area contributed by atoms with E-state index >= 15 is 0 Å². The minimum atomic E-state index is -1.02. The van der Waals surface area contributed by atoms with Crippen LogP contribution in [0.25, 0.3) is 0 Å². The number of ether oxygens (including phenoxy) is 1. The Kier molecular flexibility index (Phi) is 11.1. The van der Waals surface area contributed by atoms with Crippen molar-refractivity contribution in [1.82, 2.24) is 0 Å². The van der Waals surface area contributed by atoms with Crippen LogP contribution in [-0.2, 0) is 9.84 Å². The molecule has 2 nitrogen and oxygen atoms in total. The SMILES string of the molecule is CCCCCCCCCCCCOC([O])c1ccccc1. The van der Waals surface area contributed by atoms with Crippen LogP contribution in [0, 0.1) is 0 Å². The number of hydrogen-bond acceptors (Lipinski definition) is 1. The zero-order valence-corrected chi connectivity index (χ0v) is 13.6. The van der Waals surface area contributed by atoms with Crippen molar-refractivity contribution in [1.29, 1.82) is 0 Å². The van der Waals surface area contributed by atoms with Crippen LogP contribution in [0.2, 0.25) is 0 Å². The smallest absolute Gasteiger partial charge is 0.217 e. The molecule has 0 aliphatic rings. The Morgan fingerprint density at radius 1 is 0.810 bits per heavy atom. The molecule has 1 unspecified atom stereocenters. The van der Waals surface area contributed by atoms with Crippen LogP contribution < -0.4 is 0 Å². The molecule has 0 saturated carbocycles. The van der Waals surface area contributed by atoms with Gasteiger partial charge in [0, 0.05) is 5.56 Å². The summed E-state index contributed by atoms with van der Waals surface area (Å²) >= 11 is 0. The molecule has 1 aromatic carbocycles. The first-order valence-electron chi connectivity index (χ1n) is 8.67. The molecule has 0 bridgehead atoms. The largest absolute Gasteiger partial charge is 0.346 e. The summed E-state index contributed by atoms with van der Waals surface area (Å²) in [4.78, 5) is 0. The third-order valence-corrected chi connectivity index (χ3v) is 3.84. The Bertz CT molecular complexity index is 324. The van der Waals surface area contributed by atoms with E-state index in [-0.39, 0.29) is 0 Å². The van der Waals surface area contributed by atoms with Gasteiger partial charge < -0.3 is 4.74 Å². The Labute approximate surface area is 130 Å². The molecular weight excluding hydrogens is 260 g/mol. The molecule has 2 heteroatoms. The molecule has 0 aromatic heterocycles. The van der Waals surface area contributed by atoms with Gasteiger partial charge in [0.15, 0.2) is 0 Å². The van der Waals surface area contributed by atoms with Gasteiger partial charge in [0.05, 0.1) is 6.61 Å². The fourth-order valence-electron chi connectivity index (χ4n) is 2.49. The van der Waals surface area contributed by atoms with Crippen LogP contribution in [-0.4, -0.2) is 6.61 Å². The van der Waals surface area contributed by atoms with Gasteiger partial charge in [0.25, 0.3) is 0 Å². The quantitative estimate of drug-likeness (QED) is 0.321.